The minimum Gasteiger partial charge on any atom is -0.457 e. The molecule has 0 radical (unpaired) electrons. The number of carbonyl (C=O) groups excluding carboxylic acids is 1. The Balaban J connectivity index is 1.81. The van der Waals surface area contributed by atoms with Crippen molar-refractivity contribution in [3.63, 3.8) is 0 Å². The predicted molar refractivity (Wildman–Crippen MR) is 97.8 cm³/mol. The van der Waals surface area contributed by atoms with Crippen LogP contribution >= 0.6 is 0 Å². The number of sulfone groups is 1. The van der Waals surface area contributed by atoms with Crippen molar-refractivity contribution in [2.75, 3.05) is 16.4 Å². The Morgan fingerprint density at radius 2 is 1.72 bits per heavy atom. The number of para-hydroxylation sites is 1. The standard InChI is InChI=1S/C19H21NO4S/c1-2-19(21)20(16-12-13-25(22,23)14-16)15-8-10-18(11-9-15)24-17-6-4-3-5-7-17/h3-11,16H,2,12-14H2,1H3. The average Bonchev–Trinajstić information content (AvgIpc) is 2.97. The molecule has 5 nitrogen and oxygen atoms in total. The van der Waals surface area contributed by atoms with Gasteiger partial charge in [-0.25, -0.2) is 8.42 Å². The molecule has 0 N–H and O–H groups in total. The summed E-state index contributed by atoms with van der Waals surface area (Å²) >= 11 is 0. The van der Waals surface area contributed by atoms with E-state index in [0.717, 1.165) is 5.75 Å². The van der Waals surface area contributed by atoms with E-state index in [1.807, 2.05) is 30.3 Å². The number of carbonyl (C=O) groups is 1. The fourth-order valence-corrected chi connectivity index (χ4v) is 4.71. The van der Waals surface area contributed by atoms with Gasteiger partial charge in [0.25, 0.3) is 0 Å². The van der Waals surface area contributed by atoms with Gasteiger partial charge in [0.15, 0.2) is 9.84 Å². The van der Waals surface area contributed by atoms with E-state index in [9.17, 15) is 13.2 Å². The fourth-order valence-electron chi connectivity index (χ4n) is 3.01. The molecule has 2 aromatic rings. The van der Waals surface area contributed by atoms with Gasteiger partial charge in [-0.15, -0.1) is 0 Å². The molecule has 1 heterocycles. The van der Waals surface area contributed by atoms with Crippen LogP contribution in [-0.2, 0) is 14.6 Å². The first kappa shape index (κ1) is 17.5. The van der Waals surface area contributed by atoms with E-state index < -0.39 is 9.84 Å². The second kappa shape index (κ2) is 7.27. The van der Waals surface area contributed by atoms with E-state index in [0.29, 0.717) is 24.3 Å². The van der Waals surface area contributed by atoms with Gasteiger partial charge in [-0.2, -0.15) is 0 Å². The molecule has 0 aromatic heterocycles. The number of ether oxygens (including phenoxy) is 1. The van der Waals surface area contributed by atoms with E-state index in [2.05, 4.69) is 0 Å². The van der Waals surface area contributed by atoms with Gasteiger partial charge in [-0.3, -0.25) is 4.79 Å². The maximum atomic E-state index is 12.4. The third-order valence-electron chi connectivity index (χ3n) is 4.24. The van der Waals surface area contributed by atoms with E-state index in [4.69, 9.17) is 4.74 Å². The molecule has 2 aromatic carbocycles. The van der Waals surface area contributed by atoms with Crippen LogP contribution in [0, 0.1) is 0 Å². The topological polar surface area (TPSA) is 63.7 Å². The quantitative estimate of drug-likeness (QED) is 0.821. The van der Waals surface area contributed by atoms with Crippen molar-refractivity contribution in [2.45, 2.75) is 25.8 Å². The Morgan fingerprint density at radius 3 is 2.28 bits per heavy atom. The Morgan fingerprint density at radius 1 is 1.08 bits per heavy atom. The highest BCUT2D eigenvalue weighted by atomic mass is 32.2. The second-order valence-corrected chi connectivity index (χ2v) is 8.31. The summed E-state index contributed by atoms with van der Waals surface area (Å²) < 4.78 is 29.3. The van der Waals surface area contributed by atoms with Crippen molar-refractivity contribution < 1.29 is 17.9 Å². The van der Waals surface area contributed by atoms with E-state index in [1.54, 1.807) is 36.1 Å². The van der Waals surface area contributed by atoms with Gasteiger partial charge < -0.3 is 9.64 Å². The Kier molecular flexibility index (Phi) is 5.08. The van der Waals surface area contributed by atoms with Crippen LogP contribution in [0.2, 0.25) is 0 Å². The lowest BCUT2D eigenvalue weighted by Crippen LogP contribution is -2.41. The summed E-state index contributed by atoms with van der Waals surface area (Å²) in [5.74, 6) is 1.50. The number of hydrogen-bond donors (Lipinski definition) is 0. The van der Waals surface area contributed by atoms with Gasteiger partial charge in [0.2, 0.25) is 5.91 Å². The molecule has 1 saturated heterocycles. The van der Waals surface area contributed by atoms with E-state index >= 15 is 0 Å². The number of benzene rings is 2. The molecule has 25 heavy (non-hydrogen) atoms. The van der Waals surface area contributed by atoms with Crippen LogP contribution in [0.4, 0.5) is 5.69 Å². The van der Waals surface area contributed by atoms with Gasteiger partial charge >= 0.3 is 0 Å². The number of amides is 1. The first-order chi connectivity index (χ1) is 12.0. The van der Waals surface area contributed by atoms with Crippen LogP contribution in [0.25, 0.3) is 0 Å². The first-order valence-electron chi connectivity index (χ1n) is 8.34. The number of rotatable bonds is 5. The lowest BCUT2D eigenvalue weighted by atomic mass is 10.1. The van der Waals surface area contributed by atoms with E-state index in [1.165, 1.54) is 0 Å². The van der Waals surface area contributed by atoms with Crippen molar-refractivity contribution in [3.8, 4) is 11.5 Å². The molecule has 132 valence electrons. The molecule has 6 heteroatoms. The number of anilines is 1. The normalized spacial score (nSPS) is 18.7. The summed E-state index contributed by atoms with van der Waals surface area (Å²) in [5.41, 5.74) is 0.703. The molecule has 1 atom stereocenters. The van der Waals surface area contributed by atoms with Crippen LogP contribution in [0.5, 0.6) is 11.5 Å². The van der Waals surface area contributed by atoms with Crippen molar-refractivity contribution >= 4 is 21.4 Å². The van der Waals surface area contributed by atoms with Crippen molar-refractivity contribution in [1.29, 1.82) is 0 Å². The van der Waals surface area contributed by atoms with Crippen LogP contribution in [0.3, 0.4) is 0 Å². The maximum Gasteiger partial charge on any atom is 0.226 e. The highest BCUT2D eigenvalue weighted by Gasteiger charge is 2.34. The zero-order valence-corrected chi connectivity index (χ0v) is 14.9. The zero-order valence-electron chi connectivity index (χ0n) is 14.1. The highest BCUT2D eigenvalue weighted by molar-refractivity contribution is 7.91. The minimum absolute atomic E-state index is 0.0288. The lowest BCUT2D eigenvalue weighted by molar-refractivity contribution is -0.118. The molecular weight excluding hydrogens is 338 g/mol. The molecule has 0 aliphatic carbocycles. The third kappa shape index (κ3) is 4.20. The second-order valence-electron chi connectivity index (χ2n) is 6.08. The maximum absolute atomic E-state index is 12.4. The molecule has 1 aliphatic heterocycles. The smallest absolute Gasteiger partial charge is 0.226 e. The summed E-state index contributed by atoms with van der Waals surface area (Å²) in [6.45, 7) is 1.78. The summed E-state index contributed by atoms with van der Waals surface area (Å²) in [6, 6.07) is 16.3. The fraction of sp³-hybridized carbons (Fsp3) is 0.316. The highest BCUT2D eigenvalue weighted by Crippen LogP contribution is 2.28. The van der Waals surface area contributed by atoms with Crippen LogP contribution in [-0.4, -0.2) is 31.9 Å². The van der Waals surface area contributed by atoms with Crippen molar-refractivity contribution in [3.05, 3.63) is 54.6 Å². The van der Waals surface area contributed by atoms with Crippen LogP contribution in [0.1, 0.15) is 19.8 Å². The van der Waals surface area contributed by atoms with E-state index in [-0.39, 0.29) is 23.5 Å². The largest absolute Gasteiger partial charge is 0.457 e. The minimum atomic E-state index is -3.06. The Hall–Kier alpha value is -2.34. The van der Waals surface area contributed by atoms with Gasteiger partial charge in [-0.05, 0) is 42.8 Å². The lowest BCUT2D eigenvalue weighted by Gasteiger charge is -2.28. The number of nitrogens with zero attached hydrogens (tertiary/aromatic N) is 1. The van der Waals surface area contributed by atoms with Gasteiger partial charge in [0, 0.05) is 12.1 Å². The Labute approximate surface area is 148 Å². The van der Waals surface area contributed by atoms with Gasteiger partial charge in [-0.1, -0.05) is 25.1 Å². The molecule has 0 spiro atoms. The molecule has 1 amide bonds. The molecular formula is C19H21NO4S. The molecule has 3 rings (SSSR count). The summed E-state index contributed by atoms with van der Waals surface area (Å²) in [4.78, 5) is 14.0. The van der Waals surface area contributed by atoms with Crippen LogP contribution in [0.15, 0.2) is 54.6 Å². The Bertz CT molecular complexity index is 831. The average molecular weight is 359 g/mol. The monoisotopic (exact) mass is 359 g/mol. The number of hydrogen-bond acceptors (Lipinski definition) is 4. The summed E-state index contributed by atoms with van der Waals surface area (Å²) in [6.07, 6.45) is 0.815. The molecule has 1 fully saturated rings. The third-order valence-corrected chi connectivity index (χ3v) is 5.99. The first-order valence-corrected chi connectivity index (χ1v) is 10.2. The predicted octanol–water partition coefficient (Wildman–Crippen LogP) is 3.41. The zero-order chi connectivity index (χ0) is 17.9. The van der Waals surface area contributed by atoms with Crippen molar-refractivity contribution in [1.82, 2.24) is 0 Å². The SMILES string of the molecule is CCC(=O)N(c1ccc(Oc2ccccc2)cc1)C1CCS(=O)(=O)C1. The summed E-state index contributed by atoms with van der Waals surface area (Å²) in [5, 5.41) is 0. The summed E-state index contributed by atoms with van der Waals surface area (Å²) in [7, 11) is -3.06. The van der Waals surface area contributed by atoms with Crippen LogP contribution < -0.4 is 9.64 Å². The molecule has 1 aliphatic rings. The van der Waals surface area contributed by atoms with Gasteiger partial charge in [0.05, 0.1) is 17.5 Å². The molecule has 0 saturated carbocycles. The van der Waals surface area contributed by atoms with Crippen molar-refractivity contribution in [2.24, 2.45) is 0 Å². The van der Waals surface area contributed by atoms with Gasteiger partial charge in [0.1, 0.15) is 11.5 Å². The molecule has 0 bridgehead atoms. The molecule has 1 unspecified atom stereocenters.